The standard InChI is InChI=1S/C25H30N2O5/c1-29-19-9-7-18(8-10-19)17-26-24(28)25(11-13-31-14-12-25)16-20-15-22(27-32-20)21-5-3-4-6-23(21)30-2/h3-10,20H,11-17H2,1-2H3,(H,26,28). The van der Waals surface area contributed by atoms with Gasteiger partial charge in [0.2, 0.25) is 5.91 Å². The van der Waals surface area contributed by atoms with Gasteiger partial charge in [-0.1, -0.05) is 29.4 Å². The highest BCUT2D eigenvalue weighted by Gasteiger charge is 2.43. The molecule has 1 N–H and O–H groups in total. The predicted molar refractivity (Wildman–Crippen MR) is 121 cm³/mol. The van der Waals surface area contributed by atoms with Crippen molar-refractivity contribution in [3.8, 4) is 11.5 Å². The van der Waals surface area contributed by atoms with Gasteiger partial charge in [0.25, 0.3) is 0 Å². The van der Waals surface area contributed by atoms with Crippen molar-refractivity contribution in [1.29, 1.82) is 0 Å². The van der Waals surface area contributed by atoms with E-state index >= 15 is 0 Å². The normalized spacial score (nSPS) is 19.6. The smallest absolute Gasteiger partial charge is 0.226 e. The quantitative estimate of drug-likeness (QED) is 0.680. The largest absolute Gasteiger partial charge is 0.497 e. The van der Waals surface area contributed by atoms with E-state index in [9.17, 15) is 4.79 Å². The molecule has 1 unspecified atom stereocenters. The molecule has 2 aliphatic rings. The molecule has 0 aliphatic carbocycles. The van der Waals surface area contributed by atoms with Crippen LogP contribution in [0.4, 0.5) is 0 Å². The zero-order valence-electron chi connectivity index (χ0n) is 18.6. The molecule has 2 heterocycles. The molecular formula is C25H30N2O5. The topological polar surface area (TPSA) is 78.4 Å². The number of hydrogen-bond acceptors (Lipinski definition) is 6. The molecule has 7 nitrogen and oxygen atoms in total. The molecule has 0 aromatic heterocycles. The zero-order valence-corrected chi connectivity index (χ0v) is 18.6. The summed E-state index contributed by atoms with van der Waals surface area (Å²) in [5.41, 5.74) is 2.29. The van der Waals surface area contributed by atoms with Gasteiger partial charge in [0.1, 0.15) is 17.6 Å². The van der Waals surface area contributed by atoms with Gasteiger partial charge in [-0.15, -0.1) is 0 Å². The fourth-order valence-corrected chi connectivity index (χ4v) is 4.42. The van der Waals surface area contributed by atoms with Crippen molar-refractivity contribution in [2.45, 2.75) is 38.3 Å². The van der Waals surface area contributed by atoms with Gasteiger partial charge in [-0.05, 0) is 42.7 Å². The number of rotatable bonds is 8. The second-order valence-electron chi connectivity index (χ2n) is 8.30. The maximum Gasteiger partial charge on any atom is 0.226 e. The molecule has 1 atom stereocenters. The summed E-state index contributed by atoms with van der Waals surface area (Å²) in [7, 11) is 3.29. The van der Waals surface area contributed by atoms with Crippen molar-refractivity contribution in [3.63, 3.8) is 0 Å². The minimum atomic E-state index is -0.527. The first kappa shape index (κ1) is 22.1. The lowest BCUT2D eigenvalue weighted by Crippen LogP contribution is -2.46. The van der Waals surface area contributed by atoms with E-state index in [0.717, 1.165) is 28.3 Å². The van der Waals surface area contributed by atoms with Gasteiger partial charge >= 0.3 is 0 Å². The van der Waals surface area contributed by atoms with Gasteiger partial charge in [0, 0.05) is 38.2 Å². The molecule has 170 valence electrons. The number of nitrogens with one attached hydrogen (secondary N) is 1. The second kappa shape index (κ2) is 10.0. The van der Waals surface area contributed by atoms with E-state index in [0.29, 0.717) is 45.4 Å². The van der Waals surface area contributed by atoms with Crippen LogP contribution in [0, 0.1) is 5.41 Å². The first-order chi connectivity index (χ1) is 15.6. The summed E-state index contributed by atoms with van der Waals surface area (Å²) in [6, 6.07) is 15.5. The first-order valence-corrected chi connectivity index (χ1v) is 11.0. The van der Waals surface area contributed by atoms with E-state index in [1.54, 1.807) is 14.2 Å². The Morgan fingerprint density at radius 3 is 2.56 bits per heavy atom. The summed E-state index contributed by atoms with van der Waals surface area (Å²) in [6.07, 6.45) is 2.44. The Morgan fingerprint density at radius 2 is 1.84 bits per heavy atom. The molecule has 0 radical (unpaired) electrons. The number of ether oxygens (including phenoxy) is 3. The van der Waals surface area contributed by atoms with Crippen LogP contribution in [0.2, 0.25) is 0 Å². The molecule has 0 spiro atoms. The average Bonchev–Trinajstić information content (AvgIpc) is 3.31. The van der Waals surface area contributed by atoms with Crippen molar-refractivity contribution in [2.24, 2.45) is 10.6 Å². The third-order valence-electron chi connectivity index (χ3n) is 6.31. The summed E-state index contributed by atoms with van der Waals surface area (Å²) in [6.45, 7) is 1.62. The summed E-state index contributed by atoms with van der Waals surface area (Å²) in [5, 5.41) is 7.46. The van der Waals surface area contributed by atoms with Gasteiger partial charge < -0.3 is 24.4 Å². The van der Waals surface area contributed by atoms with Crippen molar-refractivity contribution in [1.82, 2.24) is 5.32 Å². The van der Waals surface area contributed by atoms with Crippen molar-refractivity contribution in [2.75, 3.05) is 27.4 Å². The van der Waals surface area contributed by atoms with Gasteiger partial charge in [-0.2, -0.15) is 0 Å². The van der Waals surface area contributed by atoms with E-state index in [-0.39, 0.29) is 12.0 Å². The Morgan fingerprint density at radius 1 is 1.09 bits per heavy atom. The Bertz CT molecular complexity index is 951. The highest BCUT2D eigenvalue weighted by Crippen LogP contribution is 2.39. The van der Waals surface area contributed by atoms with Crippen LogP contribution in [-0.2, 0) is 20.9 Å². The third kappa shape index (κ3) is 4.88. The van der Waals surface area contributed by atoms with Gasteiger partial charge in [0.05, 0.1) is 25.3 Å². The molecule has 2 aromatic carbocycles. The highest BCUT2D eigenvalue weighted by molar-refractivity contribution is 6.03. The van der Waals surface area contributed by atoms with Crippen LogP contribution in [0.15, 0.2) is 53.7 Å². The Labute approximate surface area is 188 Å². The van der Waals surface area contributed by atoms with Crippen LogP contribution in [-0.4, -0.2) is 45.2 Å². The van der Waals surface area contributed by atoms with Crippen molar-refractivity contribution < 1.29 is 23.8 Å². The number of hydrogen-bond donors (Lipinski definition) is 1. The van der Waals surface area contributed by atoms with Gasteiger partial charge in [-0.3, -0.25) is 4.79 Å². The molecule has 2 aromatic rings. The first-order valence-electron chi connectivity index (χ1n) is 11.0. The molecule has 0 saturated carbocycles. The zero-order chi connectivity index (χ0) is 22.4. The van der Waals surface area contributed by atoms with Crippen LogP contribution in [0.25, 0.3) is 0 Å². The lowest BCUT2D eigenvalue weighted by molar-refractivity contribution is -0.140. The van der Waals surface area contributed by atoms with Crippen LogP contribution >= 0.6 is 0 Å². The molecular weight excluding hydrogens is 408 g/mol. The SMILES string of the molecule is COc1ccc(CNC(=O)C2(CC3CC(c4ccccc4OC)=NO3)CCOCC2)cc1. The lowest BCUT2D eigenvalue weighted by atomic mass is 9.74. The highest BCUT2D eigenvalue weighted by atomic mass is 16.6. The number of nitrogens with zero attached hydrogens (tertiary/aromatic N) is 1. The number of carbonyl (C=O) groups is 1. The van der Waals surface area contributed by atoms with Crippen LogP contribution in [0.1, 0.15) is 36.8 Å². The molecule has 1 saturated heterocycles. The predicted octanol–water partition coefficient (Wildman–Crippen LogP) is 3.70. The van der Waals surface area contributed by atoms with Crippen LogP contribution in [0.3, 0.4) is 0 Å². The van der Waals surface area contributed by atoms with E-state index in [1.807, 2.05) is 48.5 Å². The van der Waals surface area contributed by atoms with E-state index in [4.69, 9.17) is 19.0 Å². The number of para-hydroxylation sites is 1. The molecule has 4 rings (SSSR count). The maximum absolute atomic E-state index is 13.4. The summed E-state index contributed by atoms with van der Waals surface area (Å²) in [5.74, 6) is 1.62. The molecule has 1 amide bonds. The number of benzene rings is 2. The third-order valence-corrected chi connectivity index (χ3v) is 6.31. The van der Waals surface area contributed by atoms with E-state index < -0.39 is 5.41 Å². The van der Waals surface area contributed by atoms with Crippen LogP contribution in [0.5, 0.6) is 11.5 Å². The maximum atomic E-state index is 13.4. The summed E-state index contributed by atoms with van der Waals surface area (Å²) in [4.78, 5) is 19.1. The monoisotopic (exact) mass is 438 g/mol. The number of amides is 1. The second-order valence-corrected chi connectivity index (χ2v) is 8.30. The average molecular weight is 439 g/mol. The van der Waals surface area contributed by atoms with Gasteiger partial charge in [0.15, 0.2) is 0 Å². The van der Waals surface area contributed by atoms with Crippen molar-refractivity contribution >= 4 is 11.6 Å². The Balaban J connectivity index is 1.41. The Hall–Kier alpha value is -3.06. The fraction of sp³-hybridized carbons (Fsp3) is 0.440. The molecule has 1 fully saturated rings. The van der Waals surface area contributed by atoms with E-state index in [2.05, 4.69) is 10.5 Å². The Kier molecular flexibility index (Phi) is 6.95. The molecule has 2 aliphatic heterocycles. The van der Waals surface area contributed by atoms with Crippen molar-refractivity contribution in [3.05, 3.63) is 59.7 Å². The summed E-state index contributed by atoms with van der Waals surface area (Å²) < 4.78 is 16.2. The minimum Gasteiger partial charge on any atom is -0.497 e. The number of oxime groups is 1. The van der Waals surface area contributed by atoms with Gasteiger partial charge in [-0.25, -0.2) is 0 Å². The van der Waals surface area contributed by atoms with E-state index in [1.165, 1.54) is 0 Å². The fourth-order valence-electron chi connectivity index (χ4n) is 4.42. The number of methoxy groups -OCH3 is 2. The lowest BCUT2D eigenvalue weighted by Gasteiger charge is -2.37. The molecule has 0 bridgehead atoms. The summed E-state index contributed by atoms with van der Waals surface area (Å²) >= 11 is 0. The molecule has 32 heavy (non-hydrogen) atoms. The minimum absolute atomic E-state index is 0.0472. The van der Waals surface area contributed by atoms with Crippen LogP contribution < -0.4 is 14.8 Å². The molecule has 7 heteroatoms. The number of carbonyl (C=O) groups excluding carboxylic acids is 1.